The Bertz CT molecular complexity index is 1440. The lowest BCUT2D eigenvalue weighted by Crippen LogP contribution is -2.24. The lowest BCUT2D eigenvalue weighted by atomic mass is 10.2. The Morgan fingerprint density at radius 2 is 1.87 bits per heavy atom. The normalized spacial score (nSPS) is 11.2. The fourth-order valence-electron chi connectivity index (χ4n) is 3.39. The summed E-state index contributed by atoms with van der Waals surface area (Å²) in [6.45, 7) is 0.121. The first-order valence-corrected chi connectivity index (χ1v) is 9.36. The smallest absolute Gasteiger partial charge is 0.353 e. The van der Waals surface area contributed by atoms with E-state index in [0.717, 1.165) is 0 Å². The van der Waals surface area contributed by atoms with Gasteiger partial charge in [0.2, 0.25) is 0 Å². The molecule has 0 saturated heterocycles. The number of aromatic nitrogens is 7. The van der Waals surface area contributed by atoms with Crippen LogP contribution in [0.3, 0.4) is 0 Å². The standard InChI is InChI=1S/C21H16FN7O2/c1-31-20-26-29(21(30)27(20)11-14-4-2-5-15(22)8-14)19-7-3-6-18-17(19)12-28(25-18)16-9-23-13-24-10-16/h2-10,12-13H,11H2,1H3. The van der Waals surface area contributed by atoms with Gasteiger partial charge in [-0.15, -0.1) is 5.10 Å². The number of methoxy groups -OCH3 is 1. The van der Waals surface area contributed by atoms with Crippen LogP contribution >= 0.6 is 0 Å². The fourth-order valence-corrected chi connectivity index (χ4v) is 3.39. The first kappa shape index (κ1) is 18.7. The van der Waals surface area contributed by atoms with Crippen molar-refractivity contribution in [2.45, 2.75) is 6.54 Å². The lowest BCUT2D eigenvalue weighted by Gasteiger charge is -2.04. The minimum absolute atomic E-state index is 0.120. The third-order valence-corrected chi connectivity index (χ3v) is 4.81. The molecule has 5 aromatic rings. The second-order valence-corrected chi connectivity index (χ2v) is 6.78. The molecule has 0 aliphatic rings. The summed E-state index contributed by atoms with van der Waals surface area (Å²) in [5.41, 5.74) is 2.11. The van der Waals surface area contributed by atoms with E-state index in [1.165, 1.54) is 34.8 Å². The number of halogens is 1. The van der Waals surface area contributed by atoms with Crippen molar-refractivity contribution in [3.05, 3.63) is 89.2 Å². The summed E-state index contributed by atoms with van der Waals surface area (Å²) in [6.07, 6.45) is 6.51. The summed E-state index contributed by atoms with van der Waals surface area (Å²) >= 11 is 0. The Morgan fingerprint density at radius 1 is 1.06 bits per heavy atom. The van der Waals surface area contributed by atoms with E-state index in [2.05, 4.69) is 20.2 Å². The molecule has 0 spiro atoms. The highest BCUT2D eigenvalue weighted by molar-refractivity contribution is 5.87. The average Bonchev–Trinajstić information content (AvgIpc) is 3.36. The summed E-state index contributed by atoms with van der Waals surface area (Å²) in [4.78, 5) is 21.2. The minimum Gasteiger partial charge on any atom is -0.467 e. The van der Waals surface area contributed by atoms with Crippen molar-refractivity contribution >= 4 is 10.9 Å². The first-order valence-electron chi connectivity index (χ1n) is 9.36. The van der Waals surface area contributed by atoms with E-state index >= 15 is 0 Å². The fraction of sp³-hybridized carbons (Fsp3) is 0.0952. The van der Waals surface area contributed by atoms with Crippen LogP contribution in [0.5, 0.6) is 6.01 Å². The number of rotatable bonds is 5. The molecule has 0 bridgehead atoms. The van der Waals surface area contributed by atoms with Crippen molar-refractivity contribution in [3.8, 4) is 17.4 Å². The van der Waals surface area contributed by atoms with E-state index in [9.17, 15) is 9.18 Å². The molecule has 31 heavy (non-hydrogen) atoms. The molecule has 3 aromatic heterocycles. The minimum atomic E-state index is -0.413. The molecule has 0 amide bonds. The van der Waals surface area contributed by atoms with Crippen LogP contribution in [0.25, 0.3) is 22.3 Å². The highest BCUT2D eigenvalue weighted by Gasteiger charge is 2.18. The molecule has 0 radical (unpaired) electrons. The summed E-state index contributed by atoms with van der Waals surface area (Å²) in [7, 11) is 1.43. The van der Waals surface area contributed by atoms with Gasteiger partial charge < -0.3 is 4.74 Å². The molecule has 0 saturated carbocycles. The second kappa shape index (κ2) is 7.48. The van der Waals surface area contributed by atoms with E-state index < -0.39 is 5.69 Å². The van der Waals surface area contributed by atoms with Gasteiger partial charge in [-0.05, 0) is 29.8 Å². The number of fused-ring (bicyclic) bond motifs is 1. The van der Waals surface area contributed by atoms with Gasteiger partial charge in [-0.25, -0.2) is 28.4 Å². The van der Waals surface area contributed by atoms with Crippen molar-refractivity contribution in [2.24, 2.45) is 0 Å². The van der Waals surface area contributed by atoms with Crippen molar-refractivity contribution in [2.75, 3.05) is 7.11 Å². The van der Waals surface area contributed by atoms with E-state index in [-0.39, 0.29) is 18.4 Å². The molecule has 9 nitrogen and oxygen atoms in total. The summed E-state index contributed by atoms with van der Waals surface area (Å²) < 4.78 is 23.1. The highest BCUT2D eigenvalue weighted by atomic mass is 19.1. The molecule has 0 fully saturated rings. The van der Waals surface area contributed by atoms with Crippen molar-refractivity contribution in [1.29, 1.82) is 0 Å². The zero-order valence-corrected chi connectivity index (χ0v) is 16.4. The molecule has 154 valence electrons. The highest BCUT2D eigenvalue weighted by Crippen LogP contribution is 2.22. The van der Waals surface area contributed by atoms with Crippen molar-refractivity contribution in [1.82, 2.24) is 34.1 Å². The third-order valence-electron chi connectivity index (χ3n) is 4.81. The van der Waals surface area contributed by atoms with Gasteiger partial charge in [-0.2, -0.15) is 9.78 Å². The van der Waals surface area contributed by atoms with Crippen LogP contribution in [0.1, 0.15) is 5.56 Å². The molecule has 2 aromatic carbocycles. The largest absolute Gasteiger partial charge is 0.467 e. The summed E-state index contributed by atoms with van der Waals surface area (Å²) in [5, 5.41) is 9.59. The monoisotopic (exact) mass is 417 g/mol. The van der Waals surface area contributed by atoms with Gasteiger partial charge in [0.1, 0.15) is 17.8 Å². The molecule has 0 atom stereocenters. The molecule has 0 N–H and O–H groups in total. The molecule has 0 aliphatic heterocycles. The molecule has 10 heteroatoms. The Hall–Kier alpha value is -4.34. The third kappa shape index (κ3) is 3.33. The van der Waals surface area contributed by atoms with Gasteiger partial charge in [0.05, 0.1) is 37.3 Å². The number of hydrogen-bond acceptors (Lipinski definition) is 6. The quantitative estimate of drug-likeness (QED) is 0.436. The Balaban J connectivity index is 1.63. The topological polar surface area (TPSA) is 92.7 Å². The number of nitrogens with zero attached hydrogens (tertiary/aromatic N) is 7. The SMILES string of the molecule is COc1nn(-c2cccc3nn(-c4cncnc4)cc23)c(=O)n1Cc1cccc(F)c1. The first-order chi connectivity index (χ1) is 15.1. The molecular formula is C21H16FN7O2. The predicted molar refractivity (Wildman–Crippen MR) is 110 cm³/mol. The lowest BCUT2D eigenvalue weighted by molar-refractivity contribution is 0.357. The van der Waals surface area contributed by atoms with Crippen LogP contribution in [0, 0.1) is 5.82 Å². The van der Waals surface area contributed by atoms with Gasteiger partial charge >= 0.3 is 11.7 Å². The second-order valence-electron chi connectivity index (χ2n) is 6.78. The van der Waals surface area contributed by atoms with E-state index in [1.807, 2.05) is 6.07 Å². The van der Waals surface area contributed by atoms with Gasteiger partial charge in [-0.1, -0.05) is 18.2 Å². The van der Waals surface area contributed by atoms with Crippen LogP contribution in [0.15, 0.2) is 72.2 Å². The predicted octanol–water partition coefficient (Wildman–Crippen LogP) is 2.36. The van der Waals surface area contributed by atoms with Gasteiger partial charge in [-0.3, -0.25) is 0 Å². The summed E-state index contributed by atoms with van der Waals surface area (Å²) in [6, 6.07) is 11.6. The zero-order valence-electron chi connectivity index (χ0n) is 16.4. The Kier molecular flexibility index (Phi) is 4.51. The van der Waals surface area contributed by atoms with Gasteiger partial charge in [0, 0.05) is 11.6 Å². The van der Waals surface area contributed by atoms with Crippen LogP contribution in [0.2, 0.25) is 0 Å². The van der Waals surface area contributed by atoms with Crippen molar-refractivity contribution < 1.29 is 9.13 Å². The molecule has 0 unspecified atom stereocenters. The van der Waals surface area contributed by atoms with Crippen LogP contribution in [-0.2, 0) is 6.54 Å². The summed E-state index contributed by atoms with van der Waals surface area (Å²) in [5.74, 6) is -0.376. The van der Waals surface area contributed by atoms with E-state index in [1.54, 1.807) is 47.5 Å². The maximum absolute atomic E-state index is 13.6. The molecular weight excluding hydrogens is 401 g/mol. The van der Waals surface area contributed by atoms with E-state index in [0.29, 0.717) is 27.8 Å². The number of ether oxygens (including phenoxy) is 1. The number of benzene rings is 2. The van der Waals surface area contributed by atoms with Crippen LogP contribution in [0.4, 0.5) is 4.39 Å². The van der Waals surface area contributed by atoms with Crippen molar-refractivity contribution in [3.63, 3.8) is 0 Å². The van der Waals surface area contributed by atoms with E-state index in [4.69, 9.17) is 4.74 Å². The molecule has 3 heterocycles. The molecule has 5 rings (SSSR count). The Labute approximate surface area is 175 Å². The zero-order chi connectivity index (χ0) is 21.4. The van der Waals surface area contributed by atoms with Gasteiger partial charge in [0.25, 0.3) is 0 Å². The average molecular weight is 417 g/mol. The number of hydrogen-bond donors (Lipinski definition) is 0. The van der Waals surface area contributed by atoms with Crippen LogP contribution < -0.4 is 10.4 Å². The Morgan fingerprint density at radius 3 is 2.65 bits per heavy atom. The van der Waals surface area contributed by atoms with Crippen LogP contribution in [-0.4, -0.2) is 41.2 Å². The van der Waals surface area contributed by atoms with Gasteiger partial charge in [0.15, 0.2) is 0 Å². The molecule has 0 aliphatic carbocycles. The maximum atomic E-state index is 13.6. The maximum Gasteiger partial charge on any atom is 0.353 e.